The Kier molecular flexibility index (Phi) is 6.14. The third-order valence-corrected chi connectivity index (χ3v) is 4.24. The lowest BCUT2D eigenvalue weighted by Crippen LogP contribution is -2.39. The summed E-state index contributed by atoms with van der Waals surface area (Å²) in [5, 5.41) is 6.63. The van der Waals surface area contributed by atoms with Crippen molar-refractivity contribution in [2.75, 3.05) is 50.0 Å². The minimum Gasteiger partial charge on any atom is -0.379 e. The normalized spacial score (nSPS) is 14.8. The predicted octanol–water partition coefficient (Wildman–Crippen LogP) is 2.48. The van der Waals surface area contributed by atoms with Crippen LogP contribution in [-0.4, -0.2) is 60.0 Å². The van der Waals surface area contributed by atoms with Crippen LogP contribution in [0.15, 0.2) is 30.3 Å². The molecular weight excluding hydrogens is 330 g/mol. The number of nitrogens with zero attached hydrogens (tertiary/aromatic N) is 3. The Morgan fingerprint density at radius 1 is 1.15 bits per heavy atom. The van der Waals surface area contributed by atoms with Crippen LogP contribution in [0.1, 0.15) is 23.1 Å². The summed E-state index contributed by atoms with van der Waals surface area (Å²) in [6.07, 6.45) is 0. The van der Waals surface area contributed by atoms with E-state index in [2.05, 4.69) is 25.5 Å². The van der Waals surface area contributed by atoms with Crippen LogP contribution in [0.25, 0.3) is 0 Å². The predicted molar refractivity (Wildman–Crippen MR) is 102 cm³/mol. The summed E-state index contributed by atoms with van der Waals surface area (Å²) in [6, 6.07) is 9.25. The van der Waals surface area contributed by atoms with Gasteiger partial charge in [-0.05, 0) is 38.1 Å². The second-order valence-corrected chi connectivity index (χ2v) is 6.32. The molecule has 0 saturated carbocycles. The largest absolute Gasteiger partial charge is 0.379 e. The fourth-order valence-electron chi connectivity index (χ4n) is 2.83. The number of ketones is 1. The first kappa shape index (κ1) is 18.3. The average Bonchev–Trinajstić information content (AvgIpc) is 2.62. The molecule has 0 aliphatic carbocycles. The van der Waals surface area contributed by atoms with Gasteiger partial charge in [0.05, 0.1) is 13.2 Å². The van der Waals surface area contributed by atoms with Gasteiger partial charge in [0.1, 0.15) is 17.5 Å². The zero-order valence-electron chi connectivity index (χ0n) is 15.3. The van der Waals surface area contributed by atoms with E-state index in [1.165, 1.54) is 0 Å². The molecule has 1 aliphatic heterocycles. The zero-order chi connectivity index (χ0) is 18.4. The molecule has 0 atom stereocenters. The number of benzene rings is 1. The molecule has 0 unspecified atom stereocenters. The molecule has 0 radical (unpaired) electrons. The van der Waals surface area contributed by atoms with Gasteiger partial charge in [0.25, 0.3) is 0 Å². The fourth-order valence-corrected chi connectivity index (χ4v) is 2.83. The number of aromatic nitrogens is 2. The van der Waals surface area contributed by atoms with Gasteiger partial charge in [-0.3, -0.25) is 9.69 Å². The van der Waals surface area contributed by atoms with E-state index in [1.54, 1.807) is 19.1 Å². The molecule has 7 nitrogen and oxygen atoms in total. The molecule has 0 spiro atoms. The van der Waals surface area contributed by atoms with Crippen molar-refractivity contribution in [1.29, 1.82) is 0 Å². The van der Waals surface area contributed by atoms with E-state index in [0.29, 0.717) is 11.4 Å². The van der Waals surface area contributed by atoms with Crippen LogP contribution in [-0.2, 0) is 4.74 Å². The molecular formula is C19H25N5O2. The molecule has 1 aromatic carbocycles. The number of rotatable bonds is 7. The van der Waals surface area contributed by atoms with Gasteiger partial charge in [0.15, 0.2) is 5.78 Å². The van der Waals surface area contributed by atoms with Gasteiger partial charge in [-0.15, -0.1) is 0 Å². The van der Waals surface area contributed by atoms with Crippen molar-refractivity contribution < 1.29 is 9.53 Å². The standard InChI is InChI=1S/C19H25N5O2/c1-14(25)16-3-5-17(6-4-16)23-19-13-18(21-15(2)22-19)20-7-8-24-9-11-26-12-10-24/h3-6,13H,7-12H2,1-2H3,(H2,20,21,22,23). The minimum absolute atomic E-state index is 0.0567. The van der Waals surface area contributed by atoms with Crippen molar-refractivity contribution in [2.24, 2.45) is 0 Å². The highest BCUT2D eigenvalue weighted by Gasteiger charge is 2.10. The summed E-state index contributed by atoms with van der Waals surface area (Å²) in [6.45, 7) is 8.79. The highest BCUT2D eigenvalue weighted by molar-refractivity contribution is 5.94. The molecule has 7 heteroatoms. The topological polar surface area (TPSA) is 79.4 Å². The number of carbonyl (C=O) groups is 1. The van der Waals surface area contributed by atoms with Gasteiger partial charge < -0.3 is 15.4 Å². The molecule has 0 bridgehead atoms. The number of morpholine rings is 1. The smallest absolute Gasteiger partial charge is 0.159 e. The Morgan fingerprint density at radius 3 is 2.54 bits per heavy atom. The summed E-state index contributed by atoms with van der Waals surface area (Å²) in [5.74, 6) is 2.28. The van der Waals surface area contributed by atoms with E-state index in [4.69, 9.17) is 4.74 Å². The molecule has 1 aromatic heterocycles. The Hall–Kier alpha value is -2.51. The minimum atomic E-state index is 0.0567. The van der Waals surface area contributed by atoms with E-state index in [9.17, 15) is 4.79 Å². The van der Waals surface area contributed by atoms with E-state index >= 15 is 0 Å². The van der Waals surface area contributed by atoms with E-state index in [-0.39, 0.29) is 5.78 Å². The van der Waals surface area contributed by atoms with Crippen LogP contribution in [0.5, 0.6) is 0 Å². The second-order valence-electron chi connectivity index (χ2n) is 6.32. The maximum Gasteiger partial charge on any atom is 0.159 e. The molecule has 2 N–H and O–H groups in total. The van der Waals surface area contributed by atoms with Gasteiger partial charge >= 0.3 is 0 Å². The molecule has 1 aliphatic rings. The number of hydrogen-bond donors (Lipinski definition) is 2. The number of aryl methyl sites for hydroxylation is 1. The van der Waals surface area contributed by atoms with Gasteiger partial charge in [-0.25, -0.2) is 9.97 Å². The van der Waals surface area contributed by atoms with Gasteiger partial charge in [0.2, 0.25) is 0 Å². The summed E-state index contributed by atoms with van der Waals surface area (Å²) in [7, 11) is 0. The number of carbonyl (C=O) groups excluding carboxylic acids is 1. The Balaban J connectivity index is 1.58. The van der Waals surface area contributed by atoms with Crippen LogP contribution in [0, 0.1) is 6.92 Å². The monoisotopic (exact) mass is 355 g/mol. The molecule has 1 fully saturated rings. The first-order valence-electron chi connectivity index (χ1n) is 8.88. The summed E-state index contributed by atoms with van der Waals surface area (Å²) in [5.41, 5.74) is 1.58. The van der Waals surface area contributed by atoms with Crippen LogP contribution < -0.4 is 10.6 Å². The van der Waals surface area contributed by atoms with Crippen LogP contribution in [0.4, 0.5) is 17.3 Å². The van der Waals surface area contributed by atoms with Crippen LogP contribution in [0.2, 0.25) is 0 Å². The van der Waals surface area contributed by atoms with Gasteiger partial charge in [-0.2, -0.15) is 0 Å². The Labute approximate surface area is 153 Å². The SMILES string of the molecule is CC(=O)c1ccc(Nc2cc(NCCN3CCOCC3)nc(C)n2)cc1. The lowest BCUT2D eigenvalue weighted by molar-refractivity contribution is 0.0398. The van der Waals surface area contributed by atoms with Crippen molar-refractivity contribution in [2.45, 2.75) is 13.8 Å². The fraction of sp³-hybridized carbons (Fsp3) is 0.421. The van der Waals surface area contributed by atoms with Crippen molar-refractivity contribution in [3.05, 3.63) is 41.7 Å². The molecule has 3 rings (SSSR count). The molecule has 2 heterocycles. The number of hydrogen-bond acceptors (Lipinski definition) is 7. The molecule has 138 valence electrons. The van der Waals surface area contributed by atoms with E-state index < -0.39 is 0 Å². The van der Waals surface area contributed by atoms with E-state index in [1.807, 2.05) is 25.1 Å². The Morgan fingerprint density at radius 2 is 1.85 bits per heavy atom. The number of nitrogens with one attached hydrogen (secondary N) is 2. The summed E-state index contributed by atoms with van der Waals surface area (Å²) in [4.78, 5) is 22.6. The second kappa shape index (κ2) is 8.73. The highest BCUT2D eigenvalue weighted by Crippen LogP contribution is 2.18. The van der Waals surface area contributed by atoms with Crippen LogP contribution in [0.3, 0.4) is 0 Å². The van der Waals surface area contributed by atoms with Gasteiger partial charge in [0, 0.05) is 43.5 Å². The van der Waals surface area contributed by atoms with Gasteiger partial charge in [-0.1, -0.05) is 0 Å². The van der Waals surface area contributed by atoms with Crippen LogP contribution >= 0.6 is 0 Å². The van der Waals surface area contributed by atoms with Crippen molar-refractivity contribution in [1.82, 2.24) is 14.9 Å². The summed E-state index contributed by atoms with van der Waals surface area (Å²) >= 11 is 0. The maximum absolute atomic E-state index is 11.4. The Bertz CT molecular complexity index is 742. The third-order valence-electron chi connectivity index (χ3n) is 4.24. The average molecular weight is 355 g/mol. The third kappa shape index (κ3) is 5.24. The first-order chi connectivity index (χ1) is 12.6. The molecule has 1 saturated heterocycles. The van der Waals surface area contributed by atoms with Crippen molar-refractivity contribution >= 4 is 23.1 Å². The quantitative estimate of drug-likeness (QED) is 0.739. The number of anilines is 3. The maximum atomic E-state index is 11.4. The molecule has 0 amide bonds. The zero-order valence-corrected chi connectivity index (χ0v) is 15.3. The first-order valence-corrected chi connectivity index (χ1v) is 8.88. The number of Topliss-reactive ketones (excluding diaryl/α,β-unsaturated/α-hetero) is 1. The van der Waals surface area contributed by atoms with Crippen molar-refractivity contribution in [3.8, 4) is 0 Å². The highest BCUT2D eigenvalue weighted by atomic mass is 16.5. The lowest BCUT2D eigenvalue weighted by Gasteiger charge is -2.26. The lowest BCUT2D eigenvalue weighted by atomic mass is 10.1. The summed E-state index contributed by atoms with van der Waals surface area (Å²) < 4.78 is 5.36. The van der Waals surface area contributed by atoms with Crippen molar-refractivity contribution in [3.63, 3.8) is 0 Å². The molecule has 26 heavy (non-hydrogen) atoms. The molecule has 2 aromatic rings. The number of ether oxygens (including phenoxy) is 1. The van der Waals surface area contributed by atoms with E-state index in [0.717, 1.165) is 56.7 Å².